The normalized spacial score (nSPS) is 17.3. The first-order valence-electron chi connectivity index (χ1n) is 7.93. The summed E-state index contributed by atoms with van der Waals surface area (Å²) in [4.78, 5) is 19.1. The molecule has 1 aliphatic heterocycles. The molecule has 0 fully saturated rings. The average molecular weight is 310 g/mol. The van der Waals surface area contributed by atoms with Crippen molar-refractivity contribution in [2.24, 2.45) is 13.0 Å². The zero-order valence-electron chi connectivity index (χ0n) is 14.0. The first kappa shape index (κ1) is 15.5. The number of carbonyl (C=O) groups excluding carboxylic acids is 1. The van der Waals surface area contributed by atoms with Crippen LogP contribution in [-0.2, 0) is 7.05 Å². The summed E-state index contributed by atoms with van der Waals surface area (Å²) in [6, 6.07) is 7.80. The molecule has 1 amide bonds. The second-order valence-corrected chi connectivity index (χ2v) is 6.30. The third kappa shape index (κ3) is 2.91. The van der Waals surface area contributed by atoms with Gasteiger partial charge in [0.15, 0.2) is 5.82 Å². The van der Waals surface area contributed by atoms with Gasteiger partial charge in [0.05, 0.1) is 6.04 Å². The van der Waals surface area contributed by atoms with Gasteiger partial charge in [-0.15, -0.1) is 0 Å². The molecule has 1 atom stereocenters. The Morgan fingerprint density at radius 1 is 1.26 bits per heavy atom. The summed E-state index contributed by atoms with van der Waals surface area (Å²) in [5, 5.41) is 4.26. The number of aryl methyl sites for hydroxylation is 2. The molecule has 1 aromatic carbocycles. The van der Waals surface area contributed by atoms with Gasteiger partial charge in [-0.2, -0.15) is 5.10 Å². The summed E-state index contributed by atoms with van der Waals surface area (Å²) in [7, 11) is 1.87. The molecule has 1 aliphatic rings. The van der Waals surface area contributed by atoms with Crippen LogP contribution in [-0.4, -0.2) is 38.2 Å². The maximum atomic E-state index is 12.7. The Kier molecular flexibility index (Phi) is 4.03. The lowest BCUT2D eigenvalue weighted by molar-refractivity contribution is 0.0720. The van der Waals surface area contributed by atoms with Crippen LogP contribution in [0, 0.1) is 12.8 Å². The van der Waals surface area contributed by atoms with E-state index in [2.05, 4.69) is 36.1 Å². The van der Waals surface area contributed by atoms with Gasteiger partial charge in [-0.05, 0) is 25.0 Å². The molecule has 2 heterocycles. The minimum atomic E-state index is 0.0781. The zero-order chi connectivity index (χ0) is 16.6. The molecular formula is C18H22N4O. The van der Waals surface area contributed by atoms with Gasteiger partial charge in [-0.3, -0.25) is 4.79 Å². The highest BCUT2D eigenvalue weighted by molar-refractivity contribution is 5.95. The fourth-order valence-electron chi connectivity index (χ4n) is 3.03. The van der Waals surface area contributed by atoms with E-state index in [9.17, 15) is 4.79 Å². The summed E-state index contributed by atoms with van der Waals surface area (Å²) >= 11 is 0. The number of amides is 1. The molecule has 1 aromatic heterocycles. The van der Waals surface area contributed by atoms with Gasteiger partial charge in [0.2, 0.25) is 0 Å². The van der Waals surface area contributed by atoms with E-state index in [1.165, 1.54) is 0 Å². The van der Waals surface area contributed by atoms with E-state index in [0.717, 1.165) is 17.2 Å². The number of carbonyl (C=O) groups is 1. The smallest absolute Gasteiger partial charge is 0.254 e. The van der Waals surface area contributed by atoms with Crippen molar-refractivity contribution in [3.8, 4) is 11.4 Å². The van der Waals surface area contributed by atoms with E-state index in [1.807, 2.05) is 43.1 Å². The lowest BCUT2D eigenvalue weighted by Gasteiger charge is -2.27. The number of aromatic nitrogens is 3. The second-order valence-electron chi connectivity index (χ2n) is 6.30. The van der Waals surface area contributed by atoms with Gasteiger partial charge < -0.3 is 4.90 Å². The Morgan fingerprint density at radius 3 is 2.52 bits per heavy atom. The fourth-order valence-corrected chi connectivity index (χ4v) is 3.03. The Bertz CT molecular complexity index is 743. The molecule has 5 heteroatoms. The monoisotopic (exact) mass is 310 g/mol. The van der Waals surface area contributed by atoms with E-state index in [1.54, 1.807) is 4.68 Å². The van der Waals surface area contributed by atoms with Crippen LogP contribution < -0.4 is 0 Å². The van der Waals surface area contributed by atoms with Crippen LogP contribution in [0.4, 0.5) is 0 Å². The highest BCUT2D eigenvalue weighted by atomic mass is 16.2. The van der Waals surface area contributed by atoms with E-state index in [0.29, 0.717) is 18.0 Å². The summed E-state index contributed by atoms with van der Waals surface area (Å²) in [6.07, 6.45) is 4.19. The quantitative estimate of drug-likeness (QED) is 0.819. The van der Waals surface area contributed by atoms with E-state index >= 15 is 0 Å². The predicted molar refractivity (Wildman–Crippen MR) is 90.0 cm³/mol. The van der Waals surface area contributed by atoms with Crippen molar-refractivity contribution >= 4 is 5.91 Å². The molecule has 2 aromatic rings. The standard InChI is InChI=1S/C18H22N4O/c1-12(2)16-6-5-11-22(16)18(23)15-9-7-14(8-10-15)17-19-13(3)20-21(17)4/h5-10,12,16H,11H2,1-4H3. The predicted octanol–water partition coefficient (Wildman–Crippen LogP) is 2.83. The molecule has 23 heavy (non-hydrogen) atoms. The highest BCUT2D eigenvalue weighted by Crippen LogP contribution is 2.22. The molecule has 0 bridgehead atoms. The van der Waals surface area contributed by atoms with Gasteiger partial charge in [-0.25, -0.2) is 9.67 Å². The lowest BCUT2D eigenvalue weighted by atomic mass is 10.0. The molecule has 0 N–H and O–H groups in total. The molecule has 3 rings (SSSR count). The van der Waals surface area contributed by atoms with Crippen LogP contribution in [0.3, 0.4) is 0 Å². The van der Waals surface area contributed by atoms with Gasteiger partial charge in [0.1, 0.15) is 5.82 Å². The minimum absolute atomic E-state index is 0.0781. The second kappa shape index (κ2) is 5.99. The van der Waals surface area contributed by atoms with Crippen molar-refractivity contribution in [3.05, 3.63) is 47.8 Å². The lowest BCUT2D eigenvalue weighted by Crippen LogP contribution is -2.38. The maximum Gasteiger partial charge on any atom is 0.254 e. The van der Waals surface area contributed by atoms with Crippen LogP contribution >= 0.6 is 0 Å². The topological polar surface area (TPSA) is 51.0 Å². The van der Waals surface area contributed by atoms with Crippen molar-refractivity contribution in [1.82, 2.24) is 19.7 Å². The summed E-state index contributed by atoms with van der Waals surface area (Å²) in [5.41, 5.74) is 1.67. The van der Waals surface area contributed by atoms with Crippen LogP contribution in [0.25, 0.3) is 11.4 Å². The Labute approximate surface area is 136 Å². The number of hydrogen-bond acceptors (Lipinski definition) is 3. The molecule has 0 aliphatic carbocycles. The molecule has 0 saturated heterocycles. The molecular weight excluding hydrogens is 288 g/mol. The fraction of sp³-hybridized carbons (Fsp3) is 0.389. The van der Waals surface area contributed by atoms with E-state index in [4.69, 9.17) is 0 Å². The maximum absolute atomic E-state index is 12.7. The third-order valence-corrected chi connectivity index (χ3v) is 4.20. The third-order valence-electron chi connectivity index (χ3n) is 4.20. The van der Waals surface area contributed by atoms with Gasteiger partial charge in [0, 0.05) is 24.7 Å². The number of hydrogen-bond donors (Lipinski definition) is 0. The minimum Gasteiger partial charge on any atom is -0.328 e. The van der Waals surface area contributed by atoms with Gasteiger partial charge in [0.25, 0.3) is 5.91 Å². The summed E-state index contributed by atoms with van der Waals surface area (Å²) in [5.74, 6) is 2.04. The van der Waals surface area contributed by atoms with Crippen LogP contribution in [0.15, 0.2) is 36.4 Å². The Morgan fingerprint density at radius 2 is 1.96 bits per heavy atom. The molecule has 120 valence electrons. The first-order chi connectivity index (χ1) is 11.0. The van der Waals surface area contributed by atoms with Crippen LogP contribution in [0.2, 0.25) is 0 Å². The van der Waals surface area contributed by atoms with Crippen molar-refractivity contribution in [2.45, 2.75) is 26.8 Å². The highest BCUT2D eigenvalue weighted by Gasteiger charge is 2.27. The van der Waals surface area contributed by atoms with E-state index < -0.39 is 0 Å². The van der Waals surface area contributed by atoms with Crippen molar-refractivity contribution in [1.29, 1.82) is 0 Å². The number of benzene rings is 1. The van der Waals surface area contributed by atoms with Crippen LogP contribution in [0.5, 0.6) is 0 Å². The van der Waals surface area contributed by atoms with Crippen molar-refractivity contribution in [2.75, 3.05) is 6.54 Å². The van der Waals surface area contributed by atoms with Crippen molar-refractivity contribution < 1.29 is 4.79 Å². The molecule has 0 radical (unpaired) electrons. The Hall–Kier alpha value is -2.43. The number of rotatable bonds is 3. The average Bonchev–Trinajstić information content (AvgIpc) is 3.13. The Balaban J connectivity index is 1.82. The SMILES string of the molecule is Cc1nc(-c2ccc(C(=O)N3CC=CC3C(C)C)cc2)n(C)n1. The molecule has 5 nitrogen and oxygen atoms in total. The largest absolute Gasteiger partial charge is 0.328 e. The van der Waals surface area contributed by atoms with Crippen molar-refractivity contribution in [3.63, 3.8) is 0 Å². The molecule has 0 spiro atoms. The van der Waals surface area contributed by atoms with Gasteiger partial charge in [-0.1, -0.05) is 38.1 Å². The molecule has 0 saturated carbocycles. The summed E-state index contributed by atoms with van der Waals surface area (Å²) < 4.78 is 1.76. The summed E-state index contributed by atoms with van der Waals surface area (Å²) in [6.45, 7) is 6.83. The first-order valence-corrected chi connectivity index (χ1v) is 7.93. The van der Waals surface area contributed by atoms with Crippen LogP contribution in [0.1, 0.15) is 30.0 Å². The van der Waals surface area contributed by atoms with E-state index in [-0.39, 0.29) is 11.9 Å². The number of nitrogens with zero attached hydrogens (tertiary/aromatic N) is 4. The molecule has 1 unspecified atom stereocenters. The zero-order valence-corrected chi connectivity index (χ0v) is 14.0. The van der Waals surface area contributed by atoms with Gasteiger partial charge >= 0.3 is 0 Å².